The molecule has 1 aliphatic carbocycles. The molecule has 3 heteroatoms. The van der Waals surface area contributed by atoms with Crippen molar-refractivity contribution in [2.45, 2.75) is 58.0 Å². The number of pyridine rings is 1. The second kappa shape index (κ2) is 6.38. The lowest BCUT2D eigenvalue weighted by atomic mass is 9.74. The van der Waals surface area contributed by atoms with Gasteiger partial charge in [0, 0.05) is 11.8 Å². The molecule has 1 saturated carbocycles. The third kappa shape index (κ3) is 3.47. The van der Waals surface area contributed by atoms with Crippen molar-refractivity contribution in [1.29, 1.82) is 0 Å². The lowest BCUT2D eigenvalue weighted by Crippen LogP contribution is -2.32. The van der Waals surface area contributed by atoms with E-state index < -0.39 is 5.60 Å². The fourth-order valence-corrected chi connectivity index (χ4v) is 2.95. The second-order valence-electron chi connectivity index (χ2n) is 5.66. The van der Waals surface area contributed by atoms with E-state index in [-0.39, 0.29) is 0 Å². The lowest BCUT2D eigenvalue weighted by Gasteiger charge is -2.36. The van der Waals surface area contributed by atoms with E-state index in [0.29, 0.717) is 12.5 Å². The highest BCUT2D eigenvalue weighted by Gasteiger charge is 2.35. The number of aromatic nitrogens is 1. The summed E-state index contributed by atoms with van der Waals surface area (Å²) < 4.78 is 5.61. The zero-order valence-corrected chi connectivity index (χ0v) is 12.1. The number of nitrogens with zero attached hydrogens (tertiary/aromatic N) is 1. The van der Waals surface area contributed by atoms with Gasteiger partial charge < -0.3 is 9.84 Å². The van der Waals surface area contributed by atoms with Crippen LogP contribution in [0, 0.1) is 5.92 Å². The second-order valence-corrected chi connectivity index (χ2v) is 5.66. The lowest BCUT2D eigenvalue weighted by molar-refractivity contribution is -0.0221. The minimum atomic E-state index is -0.711. The quantitative estimate of drug-likeness (QED) is 0.881. The molecule has 106 valence electrons. The van der Waals surface area contributed by atoms with Gasteiger partial charge >= 0.3 is 0 Å². The summed E-state index contributed by atoms with van der Waals surface area (Å²) in [5.41, 5.74) is 0.205. The topological polar surface area (TPSA) is 42.4 Å². The molecule has 0 amide bonds. The highest BCUT2D eigenvalue weighted by molar-refractivity contribution is 5.28. The first-order valence-corrected chi connectivity index (χ1v) is 7.48. The molecule has 3 nitrogen and oxygen atoms in total. The Labute approximate surface area is 116 Å². The molecule has 0 aromatic carbocycles. The summed E-state index contributed by atoms with van der Waals surface area (Å²) >= 11 is 0. The Morgan fingerprint density at radius 2 is 2.26 bits per heavy atom. The van der Waals surface area contributed by atoms with E-state index in [0.717, 1.165) is 43.4 Å². The predicted molar refractivity (Wildman–Crippen MR) is 76.2 cm³/mol. The van der Waals surface area contributed by atoms with E-state index in [1.165, 1.54) is 6.42 Å². The van der Waals surface area contributed by atoms with Crippen LogP contribution in [0.15, 0.2) is 18.5 Å². The molecule has 0 bridgehead atoms. The molecule has 2 unspecified atom stereocenters. The molecule has 1 fully saturated rings. The van der Waals surface area contributed by atoms with E-state index in [4.69, 9.17) is 4.74 Å². The molecule has 1 aromatic rings. The Hall–Kier alpha value is -1.09. The van der Waals surface area contributed by atoms with Crippen LogP contribution in [0.3, 0.4) is 0 Å². The van der Waals surface area contributed by atoms with Crippen LogP contribution in [-0.4, -0.2) is 16.7 Å². The van der Waals surface area contributed by atoms with Crippen molar-refractivity contribution >= 4 is 0 Å². The molecule has 1 aliphatic rings. The van der Waals surface area contributed by atoms with E-state index in [2.05, 4.69) is 18.8 Å². The zero-order chi connectivity index (χ0) is 13.7. The first-order valence-electron chi connectivity index (χ1n) is 7.48. The van der Waals surface area contributed by atoms with Gasteiger partial charge in [-0.15, -0.1) is 0 Å². The summed E-state index contributed by atoms with van der Waals surface area (Å²) in [6.07, 6.45) is 9.64. The van der Waals surface area contributed by atoms with Gasteiger partial charge in [0.15, 0.2) is 0 Å². The maximum absolute atomic E-state index is 10.9. The fraction of sp³-hybridized carbons (Fsp3) is 0.688. The third-order valence-corrected chi connectivity index (χ3v) is 4.13. The van der Waals surface area contributed by atoms with Gasteiger partial charge in [-0.05, 0) is 37.7 Å². The van der Waals surface area contributed by atoms with E-state index in [9.17, 15) is 5.11 Å². The summed E-state index contributed by atoms with van der Waals surface area (Å²) in [6, 6.07) is 1.96. The largest absolute Gasteiger partial charge is 0.492 e. The van der Waals surface area contributed by atoms with Crippen LogP contribution in [0.25, 0.3) is 0 Å². The number of rotatable bonds is 5. The van der Waals surface area contributed by atoms with Crippen molar-refractivity contribution in [1.82, 2.24) is 4.98 Å². The third-order valence-electron chi connectivity index (χ3n) is 4.13. The van der Waals surface area contributed by atoms with Gasteiger partial charge in [0.2, 0.25) is 0 Å². The maximum atomic E-state index is 10.9. The smallest absolute Gasteiger partial charge is 0.137 e. The average molecular weight is 263 g/mol. The van der Waals surface area contributed by atoms with Crippen LogP contribution in [0.1, 0.15) is 57.9 Å². The fourth-order valence-electron chi connectivity index (χ4n) is 2.95. The molecule has 0 saturated heterocycles. The molecule has 2 rings (SSSR count). The van der Waals surface area contributed by atoms with Crippen molar-refractivity contribution in [2.24, 2.45) is 5.92 Å². The van der Waals surface area contributed by atoms with Crippen molar-refractivity contribution in [3.63, 3.8) is 0 Å². The number of hydrogen-bond donors (Lipinski definition) is 1. The van der Waals surface area contributed by atoms with Crippen LogP contribution in [0.4, 0.5) is 0 Å². The van der Waals surface area contributed by atoms with Crippen molar-refractivity contribution < 1.29 is 9.84 Å². The van der Waals surface area contributed by atoms with Gasteiger partial charge in [-0.1, -0.05) is 26.7 Å². The van der Waals surface area contributed by atoms with Gasteiger partial charge in [-0.3, -0.25) is 4.98 Å². The molecule has 2 atom stereocenters. The van der Waals surface area contributed by atoms with Gasteiger partial charge in [-0.2, -0.15) is 0 Å². The van der Waals surface area contributed by atoms with Crippen molar-refractivity contribution in [3.05, 3.63) is 24.0 Å². The van der Waals surface area contributed by atoms with E-state index in [1.807, 2.05) is 6.07 Å². The average Bonchev–Trinajstić information content (AvgIpc) is 2.45. The van der Waals surface area contributed by atoms with E-state index in [1.54, 1.807) is 12.4 Å². The molecular weight excluding hydrogens is 238 g/mol. The highest BCUT2D eigenvalue weighted by Crippen LogP contribution is 2.41. The highest BCUT2D eigenvalue weighted by atomic mass is 16.5. The van der Waals surface area contributed by atoms with Crippen molar-refractivity contribution in [2.75, 3.05) is 6.61 Å². The Kier molecular flexibility index (Phi) is 4.81. The minimum absolute atomic E-state index is 0.624. The summed E-state index contributed by atoms with van der Waals surface area (Å²) in [4.78, 5) is 4.22. The zero-order valence-electron chi connectivity index (χ0n) is 12.1. The Morgan fingerprint density at radius 3 is 3.00 bits per heavy atom. The summed E-state index contributed by atoms with van der Waals surface area (Å²) in [5, 5.41) is 10.9. The van der Waals surface area contributed by atoms with Gasteiger partial charge in [0.1, 0.15) is 5.75 Å². The number of ether oxygens (including phenoxy) is 1. The number of hydrogen-bond acceptors (Lipinski definition) is 3. The SMILES string of the molecule is CCCOc1cncc(C2(O)CCCC(CC)C2)c1. The normalized spacial score (nSPS) is 27.2. The van der Waals surface area contributed by atoms with Crippen LogP contribution in [0.5, 0.6) is 5.75 Å². The Balaban J connectivity index is 2.15. The van der Waals surface area contributed by atoms with Gasteiger partial charge in [-0.25, -0.2) is 0 Å². The number of aliphatic hydroxyl groups is 1. The molecule has 0 aliphatic heterocycles. The van der Waals surface area contributed by atoms with Crippen molar-refractivity contribution in [3.8, 4) is 5.75 Å². The Bertz CT molecular complexity index is 407. The molecule has 0 spiro atoms. The van der Waals surface area contributed by atoms with Crippen LogP contribution < -0.4 is 4.74 Å². The Morgan fingerprint density at radius 1 is 1.42 bits per heavy atom. The molecule has 0 radical (unpaired) electrons. The molecule has 19 heavy (non-hydrogen) atoms. The first-order chi connectivity index (χ1) is 9.18. The van der Waals surface area contributed by atoms with Gasteiger partial charge in [0.25, 0.3) is 0 Å². The molecule has 1 aromatic heterocycles. The first kappa shape index (κ1) is 14.3. The van der Waals surface area contributed by atoms with Crippen LogP contribution >= 0.6 is 0 Å². The minimum Gasteiger partial charge on any atom is -0.492 e. The maximum Gasteiger partial charge on any atom is 0.137 e. The van der Waals surface area contributed by atoms with Crippen LogP contribution in [0.2, 0.25) is 0 Å². The van der Waals surface area contributed by atoms with Crippen LogP contribution in [-0.2, 0) is 5.60 Å². The molecular formula is C16H25NO2. The summed E-state index contributed by atoms with van der Waals surface area (Å²) in [7, 11) is 0. The summed E-state index contributed by atoms with van der Waals surface area (Å²) in [5.74, 6) is 1.39. The molecule has 1 heterocycles. The standard InChI is InChI=1S/C16H25NO2/c1-3-8-19-15-9-14(11-17-12-15)16(18)7-5-6-13(4-2)10-16/h9,11-13,18H,3-8,10H2,1-2H3. The monoisotopic (exact) mass is 263 g/mol. The summed E-state index contributed by atoms with van der Waals surface area (Å²) in [6.45, 7) is 4.98. The molecule has 1 N–H and O–H groups in total. The predicted octanol–water partition coefficient (Wildman–Crippen LogP) is 3.66. The van der Waals surface area contributed by atoms with E-state index >= 15 is 0 Å². The van der Waals surface area contributed by atoms with Gasteiger partial charge in [0.05, 0.1) is 18.4 Å².